The molecule has 4 nitrogen and oxygen atoms in total. The highest BCUT2D eigenvalue weighted by atomic mass is 32.2. The Morgan fingerprint density at radius 2 is 2.17 bits per heavy atom. The maximum atomic E-state index is 13.0. The van der Waals surface area contributed by atoms with Crippen LogP contribution in [0.1, 0.15) is 26.2 Å². The van der Waals surface area contributed by atoms with Crippen molar-refractivity contribution in [2.24, 2.45) is 5.73 Å². The van der Waals surface area contributed by atoms with Gasteiger partial charge in [-0.15, -0.1) is 0 Å². The van der Waals surface area contributed by atoms with Gasteiger partial charge in [0.1, 0.15) is 5.82 Å². The van der Waals surface area contributed by atoms with E-state index in [9.17, 15) is 12.8 Å². The van der Waals surface area contributed by atoms with E-state index in [0.717, 1.165) is 18.9 Å². The Hall–Kier alpha value is -0.980. The predicted molar refractivity (Wildman–Crippen MR) is 69.1 cm³/mol. The SMILES string of the molecule is CCCCC(CN)NS(=O)(=O)c1cccc(F)c1. The minimum absolute atomic E-state index is 0.0718. The molecular weight excluding hydrogens is 255 g/mol. The summed E-state index contributed by atoms with van der Waals surface area (Å²) in [6.07, 6.45) is 2.55. The molecule has 102 valence electrons. The summed E-state index contributed by atoms with van der Waals surface area (Å²) in [5.74, 6) is -0.573. The molecule has 0 amide bonds. The fraction of sp³-hybridized carbons (Fsp3) is 0.500. The second-order valence-corrected chi connectivity index (χ2v) is 5.87. The molecule has 0 aliphatic carbocycles. The molecular formula is C12H19FN2O2S. The molecule has 0 spiro atoms. The number of nitrogens with two attached hydrogens (primary N) is 1. The van der Waals surface area contributed by atoms with Crippen molar-refractivity contribution in [2.75, 3.05) is 6.54 Å². The van der Waals surface area contributed by atoms with Gasteiger partial charge in [0.15, 0.2) is 0 Å². The maximum Gasteiger partial charge on any atom is 0.240 e. The number of sulfonamides is 1. The lowest BCUT2D eigenvalue weighted by Gasteiger charge is -2.16. The lowest BCUT2D eigenvalue weighted by molar-refractivity contribution is 0.515. The van der Waals surface area contributed by atoms with Crippen LogP contribution in [0.2, 0.25) is 0 Å². The van der Waals surface area contributed by atoms with Gasteiger partial charge in [0.05, 0.1) is 4.90 Å². The summed E-state index contributed by atoms with van der Waals surface area (Å²) in [5, 5.41) is 0. The highest BCUT2D eigenvalue weighted by Crippen LogP contribution is 2.12. The zero-order valence-corrected chi connectivity index (χ0v) is 11.2. The topological polar surface area (TPSA) is 72.2 Å². The van der Waals surface area contributed by atoms with Crippen molar-refractivity contribution in [1.82, 2.24) is 4.72 Å². The lowest BCUT2D eigenvalue weighted by Crippen LogP contribution is -2.40. The molecule has 0 fully saturated rings. The molecule has 0 heterocycles. The second kappa shape index (κ2) is 6.82. The number of unbranched alkanes of at least 4 members (excludes halogenated alkanes) is 1. The van der Waals surface area contributed by atoms with Crippen molar-refractivity contribution in [2.45, 2.75) is 37.1 Å². The van der Waals surface area contributed by atoms with Crippen molar-refractivity contribution in [3.8, 4) is 0 Å². The van der Waals surface area contributed by atoms with Crippen LogP contribution in [0.5, 0.6) is 0 Å². The van der Waals surface area contributed by atoms with Crippen LogP contribution in [0.25, 0.3) is 0 Å². The standard InChI is InChI=1S/C12H19FN2O2S/c1-2-3-6-11(9-14)15-18(16,17)12-7-4-5-10(13)8-12/h4-5,7-8,11,15H,2-3,6,9,14H2,1H3. The van der Waals surface area contributed by atoms with Gasteiger partial charge in [-0.25, -0.2) is 17.5 Å². The molecule has 0 aromatic heterocycles. The first kappa shape index (κ1) is 15.1. The average Bonchev–Trinajstić information content (AvgIpc) is 2.34. The van der Waals surface area contributed by atoms with Crippen LogP contribution in [-0.2, 0) is 10.0 Å². The maximum absolute atomic E-state index is 13.0. The van der Waals surface area contributed by atoms with Crippen LogP contribution in [0.3, 0.4) is 0 Å². The summed E-state index contributed by atoms with van der Waals surface area (Å²) in [6, 6.07) is 4.62. The number of hydrogen-bond acceptors (Lipinski definition) is 3. The number of halogens is 1. The van der Waals surface area contributed by atoms with Gasteiger partial charge in [-0.05, 0) is 24.6 Å². The Balaban J connectivity index is 2.80. The number of nitrogens with one attached hydrogen (secondary N) is 1. The summed E-state index contributed by atoms with van der Waals surface area (Å²) in [5.41, 5.74) is 5.53. The fourth-order valence-electron chi connectivity index (χ4n) is 1.60. The van der Waals surface area contributed by atoms with Gasteiger partial charge in [0.2, 0.25) is 10.0 Å². The molecule has 1 atom stereocenters. The van der Waals surface area contributed by atoms with Crippen LogP contribution < -0.4 is 10.5 Å². The summed E-state index contributed by atoms with van der Waals surface area (Å²) in [6.45, 7) is 2.25. The lowest BCUT2D eigenvalue weighted by atomic mass is 10.1. The summed E-state index contributed by atoms with van der Waals surface area (Å²) < 4.78 is 39.5. The zero-order valence-electron chi connectivity index (χ0n) is 10.4. The molecule has 0 radical (unpaired) electrons. The van der Waals surface area contributed by atoms with Gasteiger partial charge in [-0.3, -0.25) is 0 Å². The van der Waals surface area contributed by atoms with Crippen LogP contribution in [0.4, 0.5) is 4.39 Å². The quantitative estimate of drug-likeness (QED) is 0.793. The molecule has 1 unspecified atom stereocenters. The molecule has 1 aromatic carbocycles. The first-order valence-corrected chi connectivity index (χ1v) is 7.46. The van der Waals surface area contributed by atoms with E-state index in [1.165, 1.54) is 18.2 Å². The van der Waals surface area contributed by atoms with E-state index in [-0.39, 0.29) is 17.5 Å². The third-order valence-electron chi connectivity index (χ3n) is 2.62. The normalized spacial score (nSPS) is 13.5. The van der Waals surface area contributed by atoms with E-state index in [1.807, 2.05) is 6.92 Å². The Labute approximate surface area is 107 Å². The summed E-state index contributed by atoms with van der Waals surface area (Å²) in [4.78, 5) is -0.0718. The van der Waals surface area contributed by atoms with Gasteiger partial charge >= 0.3 is 0 Å². The summed E-state index contributed by atoms with van der Waals surface area (Å²) in [7, 11) is -3.69. The second-order valence-electron chi connectivity index (χ2n) is 4.15. The minimum Gasteiger partial charge on any atom is -0.329 e. The minimum atomic E-state index is -3.69. The van der Waals surface area contributed by atoms with Crippen molar-refractivity contribution in [3.63, 3.8) is 0 Å². The fourth-order valence-corrected chi connectivity index (χ4v) is 2.91. The Morgan fingerprint density at radius 3 is 2.72 bits per heavy atom. The molecule has 0 aliphatic heterocycles. The van der Waals surface area contributed by atoms with Crippen molar-refractivity contribution >= 4 is 10.0 Å². The molecule has 0 aliphatic rings. The van der Waals surface area contributed by atoms with E-state index in [2.05, 4.69) is 4.72 Å². The summed E-state index contributed by atoms with van der Waals surface area (Å²) >= 11 is 0. The van der Waals surface area contributed by atoms with Gasteiger partial charge in [0, 0.05) is 12.6 Å². The highest BCUT2D eigenvalue weighted by molar-refractivity contribution is 7.89. The van der Waals surface area contributed by atoms with Crippen molar-refractivity contribution in [1.29, 1.82) is 0 Å². The molecule has 6 heteroatoms. The molecule has 0 saturated carbocycles. The van der Waals surface area contributed by atoms with Crippen LogP contribution in [0, 0.1) is 5.82 Å². The highest BCUT2D eigenvalue weighted by Gasteiger charge is 2.19. The molecule has 18 heavy (non-hydrogen) atoms. The number of hydrogen-bond donors (Lipinski definition) is 2. The number of benzene rings is 1. The molecule has 1 rings (SSSR count). The van der Waals surface area contributed by atoms with Crippen LogP contribution >= 0.6 is 0 Å². The van der Waals surface area contributed by atoms with Crippen LogP contribution in [0.15, 0.2) is 29.2 Å². The molecule has 0 saturated heterocycles. The van der Waals surface area contributed by atoms with Crippen LogP contribution in [-0.4, -0.2) is 21.0 Å². The average molecular weight is 274 g/mol. The van der Waals surface area contributed by atoms with E-state index >= 15 is 0 Å². The van der Waals surface area contributed by atoms with Gasteiger partial charge < -0.3 is 5.73 Å². The van der Waals surface area contributed by atoms with E-state index in [1.54, 1.807) is 0 Å². The monoisotopic (exact) mass is 274 g/mol. The van der Waals surface area contributed by atoms with E-state index in [4.69, 9.17) is 5.73 Å². The largest absolute Gasteiger partial charge is 0.329 e. The van der Waals surface area contributed by atoms with Crippen molar-refractivity contribution < 1.29 is 12.8 Å². The third-order valence-corrected chi connectivity index (χ3v) is 4.14. The van der Waals surface area contributed by atoms with Gasteiger partial charge in [-0.2, -0.15) is 0 Å². The molecule has 1 aromatic rings. The predicted octanol–water partition coefficient (Wildman–Crippen LogP) is 1.62. The molecule has 0 bridgehead atoms. The Kier molecular flexibility index (Phi) is 5.71. The smallest absolute Gasteiger partial charge is 0.240 e. The van der Waals surface area contributed by atoms with Gasteiger partial charge in [0.25, 0.3) is 0 Å². The van der Waals surface area contributed by atoms with E-state index in [0.29, 0.717) is 6.42 Å². The first-order chi connectivity index (χ1) is 8.49. The Morgan fingerprint density at radius 1 is 1.44 bits per heavy atom. The first-order valence-electron chi connectivity index (χ1n) is 5.97. The molecule has 3 N–H and O–H groups in total. The number of rotatable bonds is 7. The Bertz CT molecular complexity index is 477. The van der Waals surface area contributed by atoms with E-state index < -0.39 is 15.8 Å². The van der Waals surface area contributed by atoms with Gasteiger partial charge in [-0.1, -0.05) is 25.8 Å². The zero-order chi connectivity index (χ0) is 13.6. The van der Waals surface area contributed by atoms with Crippen molar-refractivity contribution in [3.05, 3.63) is 30.1 Å². The third kappa shape index (κ3) is 4.36.